The number of ether oxygens (including phenoxy) is 1. The molecule has 2 aromatic heterocycles. The summed E-state index contributed by atoms with van der Waals surface area (Å²) in [7, 11) is 0. The molecule has 0 saturated heterocycles. The van der Waals surface area contributed by atoms with Gasteiger partial charge in [-0.25, -0.2) is 9.78 Å². The molecule has 7 heteroatoms. The zero-order chi connectivity index (χ0) is 14.0. The summed E-state index contributed by atoms with van der Waals surface area (Å²) in [4.78, 5) is 16.0. The molecule has 0 saturated carbocycles. The van der Waals surface area contributed by atoms with Gasteiger partial charge in [-0.05, 0) is 27.7 Å². The van der Waals surface area contributed by atoms with Crippen LogP contribution in [0.15, 0.2) is 4.42 Å². The van der Waals surface area contributed by atoms with Gasteiger partial charge in [-0.15, -0.1) is 10.2 Å². The zero-order valence-corrected chi connectivity index (χ0v) is 11.4. The van der Waals surface area contributed by atoms with Crippen molar-refractivity contribution in [3.05, 3.63) is 29.0 Å². The summed E-state index contributed by atoms with van der Waals surface area (Å²) in [6, 6.07) is 0. The lowest BCUT2D eigenvalue weighted by atomic mass is 10.4. The van der Waals surface area contributed by atoms with Crippen LogP contribution in [0.2, 0.25) is 0 Å². The second-order valence-corrected chi connectivity index (χ2v) is 4.13. The molecule has 2 rings (SSSR count). The normalized spacial score (nSPS) is 10.7. The van der Waals surface area contributed by atoms with Crippen LogP contribution in [-0.4, -0.2) is 32.3 Å². The Kier molecular flexibility index (Phi) is 3.64. The molecule has 0 aliphatic rings. The van der Waals surface area contributed by atoms with Crippen LogP contribution in [-0.2, 0) is 11.3 Å². The summed E-state index contributed by atoms with van der Waals surface area (Å²) >= 11 is 0. The second kappa shape index (κ2) is 5.21. The third kappa shape index (κ3) is 2.64. The van der Waals surface area contributed by atoms with Gasteiger partial charge in [0.05, 0.1) is 12.3 Å². The molecule has 0 atom stereocenters. The minimum absolute atomic E-state index is 0.160. The van der Waals surface area contributed by atoms with E-state index in [-0.39, 0.29) is 5.82 Å². The van der Waals surface area contributed by atoms with E-state index in [4.69, 9.17) is 9.15 Å². The predicted octanol–water partition coefficient (Wildman–Crippen LogP) is 1.42. The average molecular weight is 264 g/mol. The van der Waals surface area contributed by atoms with E-state index in [9.17, 15) is 4.79 Å². The van der Waals surface area contributed by atoms with Gasteiger partial charge in [-0.1, -0.05) is 0 Å². The number of hydrogen-bond donors (Lipinski definition) is 0. The highest BCUT2D eigenvalue weighted by Crippen LogP contribution is 2.12. The molecule has 0 aliphatic carbocycles. The first-order valence-corrected chi connectivity index (χ1v) is 6.02. The van der Waals surface area contributed by atoms with E-state index in [1.807, 2.05) is 13.8 Å². The van der Waals surface area contributed by atoms with Crippen molar-refractivity contribution in [3.63, 3.8) is 0 Å². The van der Waals surface area contributed by atoms with Crippen LogP contribution in [0, 0.1) is 20.8 Å². The maximum absolute atomic E-state index is 11.7. The Morgan fingerprint density at radius 3 is 2.63 bits per heavy atom. The van der Waals surface area contributed by atoms with Gasteiger partial charge in [0.25, 0.3) is 0 Å². The Labute approximate surface area is 110 Å². The summed E-state index contributed by atoms with van der Waals surface area (Å²) in [6.45, 7) is 7.82. The van der Waals surface area contributed by atoms with E-state index in [0.717, 1.165) is 11.5 Å². The first-order chi connectivity index (χ1) is 9.02. The molecule has 2 aromatic rings. The molecule has 0 N–H and O–H groups in total. The van der Waals surface area contributed by atoms with Crippen LogP contribution >= 0.6 is 0 Å². The molecule has 0 bridgehead atoms. The predicted molar refractivity (Wildman–Crippen MR) is 65.8 cm³/mol. The van der Waals surface area contributed by atoms with Crippen molar-refractivity contribution in [2.75, 3.05) is 6.61 Å². The van der Waals surface area contributed by atoms with Crippen molar-refractivity contribution in [3.8, 4) is 0 Å². The van der Waals surface area contributed by atoms with Crippen molar-refractivity contribution in [1.29, 1.82) is 0 Å². The van der Waals surface area contributed by atoms with Crippen LogP contribution in [0.1, 0.15) is 40.7 Å². The summed E-state index contributed by atoms with van der Waals surface area (Å²) in [5, 5.41) is 7.72. The summed E-state index contributed by atoms with van der Waals surface area (Å²) < 4.78 is 12.1. The molecule has 0 amide bonds. The van der Waals surface area contributed by atoms with E-state index < -0.39 is 5.97 Å². The van der Waals surface area contributed by atoms with E-state index in [0.29, 0.717) is 24.9 Å². The maximum Gasteiger partial charge on any atom is 0.376 e. The fourth-order valence-electron chi connectivity index (χ4n) is 1.66. The molecule has 0 spiro atoms. The van der Waals surface area contributed by atoms with Gasteiger partial charge in [0.1, 0.15) is 18.1 Å². The number of hydrogen-bond acceptors (Lipinski definition) is 6. The summed E-state index contributed by atoms with van der Waals surface area (Å²) in [5.41, 5.74) is 0.832. The van der Waals surface area contributed by atoms with E-state index in [1.165, 1.54) is 0 Å². The molecule has 19 heavy (non-hydrogen) atoms. The first kappa shape index (κ1) is 13.3. The third-order valence-electron chi connectivity index (χ3n) is 2.76. The molecule has 0 radical (unpaired) electrons. The standard InChI is InChI=1S/C12H16N4O3/c1-5-18-12(17)11-15-14-9(4)16(11)6-10-13-7(2)8(3)19-10/h5-6H2,1-4H3. The Morgan fingerprint density at radius 2 is 2.05 bits per heavy atom. The number of carbonyl (C=O) groups is 1. The molecular weight excluding hydrogens is 248 g/mol. The van der Waals surface area contributed by atoms with Gasteiger partial charge >= 0.3 is 5.97 Å². The SMILES string of the molecule is CCOC(=O)c1nnc(C)n1Cc1nc(C)c(C)o1. The Morgan fingerprint density at radius 1 is 1.32 bits per heavy atom. The molecule has 7 nitrogen and oxygen atoms in total. The zero-order valence-electron chi connectivity index (χ0n) is 11.4. The molecule has 0 fully saturated rings. The van der Waals surface area contributed by atoms with Crippen LogP contribution in [0.5, 0.6) is 0 Å². The van der Waals surface area contributed by atoms with Crippen molar-refractivity contribution in [2.45, 2.75) is 34.2 Å². The minimum atomic E-state index is -0.497. The van der Waals surface area contributed by atoms with Crippen molar-refractivity contribution in [1.82, 2.24) is 19.7 Å². The summed E-state index contributed by atoms with van der Waals surface area (Å²) in [5.74, 6) is 1.55. The first-order valence-electron chi connectivity index (χ1n) is 6.02. The van der Waals surface area contributed by atoms with Crippen molar-refractivity contribution < 1.29 is 13.9 Å². The largest absolute Gasteiger partial charge is 0.460 e. The number of carbonyl (C=O) groups excluding carboxylic acids is 1. The van der Waals surface area contributed by atoms with Crippen LogP contribution in [0.4, 0.5) is 0 Å². The molecule has 2 heterocycles. The van der Waals surface area contributed by atoms with Crippen molar-refractivity contribution in [2.24, 2.45) is 0 Å². The van der Waals surface area contributed by atoms with Gasteiger partial charge in [-0.3, -0.25) is 4.57 Å². The quantitative estimate of drug-likeness (QED) is 0.776. The second-order valence-electron chi connectivity index (χ2n) is 4.13. The molecule has 0 aliphatic heterocycles. The average Bonchev–Trinajstić information content (AvgIpc) is 2.85. The molecular formula is C12H16N4O3. The van der Waals surface area contributed by atoms with Gasteiger partial charge < -0.3 is 9.15 Å². The Hall–Kier alpha value is -2.18. The lowest BCUT2D eigenvalue weighted by Crippen LogP contribution is -2.15. The Balaban J connectivity index is 2.29. The molecule has 0 aromatic carbocycles. The monoisotopic (exact) mass is 264 g/mol. The summed E-state index contributed by atoms with van der Waals surface area (Å²) in [6.07, 6.45) is 0. The number of aryl methyl sites for hydroxylation is 3. The number of esters is 1. The maximum atomic E-state index is 11.7. The van der Waals surface area contributed by atoms with Crippen LogP contribution < -0.4 is 0 Å². The lowest BCUT2D eigenvalue weighted by Gasteiger charge is -2.05. The van der Waals surface area contributed by atoms with E-state index in [2.05, 4.69) is 15.2 Å². The van der Waals surface area contributed by atoms with E-state index in [1.54, 1.807) is 18.4 Å². The number of aromatic nitrogens is 4. The van der Waals surface area contributed by atoms with Gasteiger partial charge in [0, 0.05) is 0 Å². The molecule has 102 valence electrons. The molecule has 0 unspecified atom stereocenters. The smallest absolute Gasteiger partial charge is 0.376 e. The highest BCUT2D eigenvalue weighted by atomic mass is 16.5. The highest BCUT2D eigenvalue weighted by molar-refractivity contribution is 5.85. The van der Waals surface area contributed by atoms with Gasteiger partial charge in [0.15, 0.2) is 0 Å². The third-order valence-corrected chi connectivity index (χ3v) is 2.76. The number of nitrogens with zero attached hydrogens (tertiary/aromatic N) is 4. The minimum Gasteiger partial charge on any atom is -0.460 e. The fraction of sp³-hybridized carbons (Fsp3) is 0.500. The van der Waals surface area contributed by atoms with Crippen LogP contribution in [0.3, 0.4) is 0 Å². The number of oxazole rings is 1. The van der Waals surface area contributed by atoms with Gasteiger partial charge in [0.2, 0.25) is 11.7 Å². The van der Waals surface area contributed by atoms with Gasteiger partial charge in [-0.2, -0.15) is 0 Å². The van der Waals surface area contributed by atoms with Crippen LogP contribution in [0.25, 0.3) is 0 Å². The van der Waals surface area contributed by atoms with E-state index >= 15 is 0 Å². The topological polar surface area (TPSA) is 83.0 Å². The Bertz CT molecular complexity index is 581. The lowest BCUT2D eigenvalue weighted by molar-refractivity contribution is 0.0506. The highest BCUT2D eigenvalue weighted by Gasteiger charge is 2.19. The van der Waals surface area contributed by atoms with Crippen molar-refractivity contribution >= 4 is 5.97 Å². The number of rotatable bonds is 4. The fourth-order valence-corrected chi connectivity index (χ4v) is 1.66.